The summed E-state index contributed by atoms with van der Waals surface area (Å²) in [6.45, 7) is -1.32. The molecule has 6 heteroatoms. The van der Waals surface area contributed by atoms with E-state index in [0.717, 1.165) is 0 Å². The minimum absolute atomic E-state index is 0.0798. The SMILES string of the molecule is CNC(COCC(F)(F)F)c1ccco1. The van der Waals surface area contributed by atoms with Crippen molar-refractivity contribution in [2.45, 2.75) is 12.2 Å². The minimum Gasteiger partial charge on any atom is -0.468 e. The van der Waals surface area contributed by atoms with Gasteiger partial charge in [0, 0.05) is 0 Å². The Morgan fingerprint density at radius 3 is 2.73 bits per heavy atom. The zero-order valence-electron chi connectivity index (χ0n) is 8.17. The maximum absolute atomic E-state index is 11.8. The summed E-state index contributed by atoms with van der Waals surface area (Å²) in [5.74, 6) is 0.555. The normalized spacial score (nSPS) is 14.1. The van der Waals surface area contributed by atoms with Gasteiger partial charge in [0.15, 0.2) is 0 Å². The van der Waals surface area contributed by atoms with Gasteiger partial charge in [-0.2, -0.15) is 13.2 Å². The lowest BCUT2D eigenvalue weighted by molar-refractivity contribution is -0.175. The summed E-state index contributed by atoms with van der Waals surface area (Å²) in [6, 6.07) is 2.99. The second-order valence-electron chi connectivity index (χ2n) is 2.99. The third kappa shape index (κ3) is 4.35. The van der Waals surface area contributed by atoms with Crippen molar-refractivity contribution < 1.29 is 22.3 Å². The highest BCUT2D eigenvalue weighted by Crippen LogP contribution is 2.17. The van der Waals surface area contributed by atoms with Crippen LogP contribution in [0.15, 0.2) is 22.8 Å². The van der Waals surface area contributed by atoms with Gasteiger partial charge in [0.05, 0.1) is 18.9 Å². The monoisotopic (exact) mass is 223 g/mol. The molecule has 0 aromatic carbocycles. The molecule has 0 aliphatic heterocycles. The lowest BCUT2D eigenvalue weighted by Gasteiger charge is -2.14. The molecule has 1 rings (SSSR count). The van der Waals surface area contributed by atoms with E-state index in [2.05, 4.69) is 10.1 Å². The van der Waals surface area contributed by atoms with Crippen molar-refractivity contribution in [3.05, 3.63) is 24.2 Å². The molecule has 1 aromatic heterocycles. The van der Waals surface area contributed by atoms with Crippen LogP contribution in [0.5, 0.6) is 0 Å². The van der Waals surface area contributed by atoms with Gasteiger partial charge in [-0.3, -0.25) is 0 Å². The lowest BCUT2D eigenvalue weighted by atomic mass is 10.2. The summed E-state index contributed by atoms with van der Waals surface area (Å²) in [6.07, 6.45) is -2.83. The first-order valence-corrected chi connectivity index (χ1v) is 4.38. The molecule has 0 saturated carbocycles. The molecular formula is C9H12F3NO2. The molecule has 0 saturated heterocycles. The Labute approximate surface area is 85.2 Å². The largest absolute Gasteiger partial charge is 0.468 e. The van der Waals surface area contributed by atoms with Crippen molar-refractivity contribution in [2.75, 3.05) is 20.3 Å². The quantitative estimate of drug-likeness (QED) is 0.830. The van der Waals surface area contributed by atoms with Crippen LogP contribution < -0.4 is 5.32 Å². The van der Waals surface area contributed by atoms with Crippen LogP contribution in [0.2, 0.25) is 0 Å². The standard InChI is InChI=1S/C9H12F3NO2/c1-13-7(8-3-2-4-15-8)5-14-6-9(10,11)12/h2-4,7,13H,5-6H2,1H3. The van der Waals surface area contributed by atoms with Gasteiger partial charge in [-0.25, -0.2) is 0 Å². The number of halogens is 3. The molecule has 0 fully saturated rings. The maximum atomic E-state index is 11.8. The molecule has 0 spiro atoms. The van der Waals surface area contributed by atoms with Crippen molar-refractivity contribution in [1.29, 1.82) is 0 Å². The lowest BCUT2D eigenvalue weighted by Crippen LogP contribution is -2.25. The Morgan fingerprint density at radius 1 is 1.53 bits per heavy atom. The van der Waals surface area contributed by atoms with Crippen LogP contribution in [0.3, 0.4) is 0 Å². The topological polar surface area (TPSA) is 34.4 Å². The van der Waals surface area contributed by atoms with Gasteiger partial charge < -0.3 is 14.5 Å². The number of hydrogen-bond acceptors (Lipinski definition) is 3. The van der Waals surface area contributed by atoms with Gasteiger partial charge in [-0.05, 0) is 19.2 Å². The molecule has 3 nitrogen and oxygen atoms in total. The summed E-state index contributed by atoms with van der Waals surface area (Å²) in [4.78, 5) is 0. The van der Waals surface area contributed by atoms with Gasteiger partial charge in [-0.1, -0.05) is 0 Å². The average molecular weight is 223 g/mol. The van der Waals surface area contributed by atoms with Crippen LogP contribution in [0.1, 0.15) is 11.8 Å². The summed E-state index contributed by atoms with van der Waals surface area (Å²) >= 11 is 0. The number of hydrogen-bond donors (Lipinski definition) is 1. The molecule has 86 valence electrons. The molecule has 1 unspecified atom stereocenters. The average Bonchev–Trinajstić information content (AvgIpc) is 2.63. The highest BCUT2D eigenvalue weighted by atomic mass is 19.4. The summed E-state index contributed by atoms with van der Waals surface area (Å²) in [5, 5.41) is 2.80. The molecule has 0 radical (unpaired) electrons. The second kappa shape index (κ2) is 5.18. The van der Waals surface area contributed by atoms with Crippen molar-refractivity contribution in [3.63, 3.8) is 0 Å². The van der Waals surface area contributed by atoms with Crippen LogP contribution in [0, 0.1) is 0 Å². The highest BCUT2D eigenvalue weighted by Gasteiger charge is 2.28. The van der Waals surface area contributed by atoms with Crippen molar-refractivity contribution >= 4 is 0 Å². The van der Waals surface area contributed by atoms with Crippen LogP contribution >= 0.6 is 0 Å². The first-order chi connectivity index (χ1) is 7.03. The number of nitrogens with one attached hydrogen (secondary N) is 1. The van der Waals surface area contributed by atoms with Crippen LogP contribution in [-0.2, 0) is 4.74 Å². The van der Waals surface area contributed by atoms with E-state index < -0.39 is 12.8 Å². The first-order valence-electron chi connectivity index (χ1n) is 4.38. The van der Waals surface area contributed by atoms with Gasteiger partial charge in [0.2, 0.25) is 0 Å². The Hall–Kier alpha value is -1.01. The molecule has 0 aliphatic rings. The van der Waals surface area contributed by atoms with E-state index in [1.165, 1.54) is 6.26 Å². The fraction of sp³-hybridized carbons (Fsp3) is 0.556. The molecule has 1 aromatic rings. The van der Waals surface area contributed by atoms with E-state index >= 15 is 0 Å². The van der Waals surface area contributed by atoms with Gasteiger partial charge >= 0.3 is 6.18 Å². The molecule has 0 aliphatic carbocycles. The Balaban J connectivity index is 2.36. The number of ether oxygens (including phenoxy) is 1. The summed E-state index contributed by atoms with van der Waals surface area (Å²) < 4.78 is 44.9. The third-order valence-electron chi connectivity index (χ3n) is 1.79. The summed E-state index contributed by atoms with van der Waals surface area (Å²) in [7, 11) is 1.63. The number of likely N-dealkylation sites (N-methyl/N-ethyl adjacent to an activating group) is 1. The number of rotatable bonds is 5. The Bertz CT molecular complexity index is 271. The van der Waals surface area contributed by atoms with Gasteiger partial charge in [0.1, 0.15) is 12.4 Å². The molecule has 0 bridgehead atoms. The molecule has 1 atom stereocenters. The smallest absolute Gasteiger partial charge is 0.411 e. The maximum Gasteiger partial charge on any atom is 0.411 e. The Morgan fingerprint density at radius 2 is 2.27 bits per heavy atom. The fourth-order valence-electron chi connectivity index (χ4n) is 1.09. The zero-order chi connectivity index (χ0) is 11.3. The van der Waals surface area contributed by atoms with E-state index in [1.807, 2.05) is 0 Å². The van der Waals surface area contributed by atoms with Gasteiger partial charge in [0.25, 0.3) is 0 Å². The second-order valence-corrected chi connectivity index (χ2v) is 2.99. The summed E-state index contributed by atoms with van der Waals surface area (Å²) in [5.41, 5.74) is 0. The zero-order valence-corrected chi connectivity index (χ0v) is 8.17. The van der Waals surface area contributed by atoms with E-state index in [1.54, 1.807) is 19.2 Å². The van der Waals surface area contributed by atoms with Crippen molar-refractivity contribution in [2.24, 2.45) is 0 Å². The minimum atomic E-state index is -4.29. The molecule has 0 amide bonds. The molecule has 1 N–H and O–H groups in total. The van der Waals surface area contributed by atoms with Gasteiger partial charge in [-0.15, -0.1) is 0 Å². The first kappa shape index (κ1) is 12.1. The predicted molar refractivity (Wildman–Crippen MR) is 47.4 cm³/mol. The van der Waals surface area contributed by atoms with E-state index in [9.17, 15) is 13.2 Å². The van der Waals surface area contributed by atoms with E-state index in [-0.39, 0.29) is 12.6 Å². The fourth-order valence-corrected chi connectivity index (χ4v) is 1.09. The molecule has 15 heavy (non-hydrogen) atoms. The molecular weight excluding hydrogens is 211 g/mol. The third-order valence-corrected chi connectivity index (χ3v) is 1.79. The van der Waals surface area contributed by atoms with Crippen LogP contribution in [-0.4, -0.2) is 26.4 Å². The number of alkyl halides is 3. The van der Waals surface area contributed by atoms with Crippen LogP contribution in [0.4, 0.5) is 13.2 Å². The molecule has 1 heterocycles. The van der Waals surface area contributed by atoms with Crippen LogP contribution in [0.25, 0.3) is 0 Å². The predicted octanol–water partition coefficient (Wildman–Crippen LogP) is 2.12. The Kier molecular flexibility index (Phi) is 4.16. The number of furan rings is 1. The van der Waals surface area contributed by atoms with E-state index in [0.29, 0.717) is 5.76 Å². The highest BCUT2D eigenvalue weighted by molar-refractivity contribution is 5.03. The van der Waals surface area contributed by atoms with E-state index in [4.69, 9.17) is 4.42 Å². The van der Waals surface area contributed by atoms with Crippen molar-refractivity contribution in [3.8, 4) is 0 Å². The van der Waals surface area contributed by atoms with Crippen molar-refractivity contribution in [1.82, 2.24) is 5.32 Å².